The molecule has 0 unspecified atom stereocenters. The number of hydrogen-bond acceptors (Lipinski definition) is 7. The maximum atomic E-state index is 12.8. The van der Waals surface area contributed by atoms with E-state index in [0.29, 0.717) is 40.9 Å². The van der Waals surface area contributed by atoms with Crippen LogP contribution in [-0.2, 0) is 6.54 Å². The summed E-state index contributed by atoms with van der Waals surface area (Å²) in [5.41, 5.74) is 2.61. The van der Waals surface area contributed by atoms with Crippen molar-refractivity contribution < 1.29 is 14.1 Å². The van der Waals surface area contributed by atoms with Crippen LogP contribution in [0.1, 0.15) is 27.4 Å². The molecule has 0 aliphatic carbocycles. The smallest absolute Gasteiger partial charge is 0.261 e. The van der Waals surface area contributed by atoms with Gasteiger partial charge in [0.1, 0.15) is 5.75 Å². The molecule has 0 atom stereocenters. The Kier molecular flexibility index (Phi) is 5.25. The standard InChI is InChI=1S/C21H20N6O3/c1-13-17(20(28)23-11-15-7-4-5-9-18(15)29-3)12-24-27(13)19-16(8-6-10-22-19)21-25-14(2)26-30-21/h4-10,12H,11H2,1-3H3,(H,23,28). The number of aryl methyl sites for hydroxylation is 1. The van der Waals surface area contributed by atoms with Crippen LogP contribution >= 0.6 is 0 Å². The van der Waals surface area contributed by atoms with Gasteiger partial charge in [-0.05, 0) is 32.0 Å². The first-order valence-corrected chi connectivity index (χ1v) is 9.29. The summed E-state index contributed by atoms with van der Waals surface area (Å²) in [5.74, 6) is 1.84. The average molecular weight is 404 g/mol. The summed E-state index contributed by atoms with van der Waals surface area (Å²) >= 11 is 0. The van der Waals surface area contributed by atoms with Crippen LogP contribution in [0.2, 0.25) is 0 Å². The minimum absolute atomic E-state index is 0.240. The summed E-state index contributed by atoms with van der Waals surface area (Å²) in [6, 6.07) is 11.1. The van der Waals surface area contributed by atoms with Gasteiger partial charge in [0.05, 0.1) is 30.1 Å². The second kappa shape index (κ2) is 8.16. The van der Waals surface area contributed by atoms with Crippen molar-refractivity contribution in [1.82, 2.24) is 30.2 Å². The molecular weight excluding hydrogens is 384 g/mol. The number of ether oxygens (including phenoxy) is 1. The lowest BCUT2D eigenvalue weighted by atomic mass is 10.2. The fourth-order valence-corrected chi connectivity index (χ4v) is 3.10. The molecule has 1 aromatic carbocycles. The monoisotopic (exact) mass is 404 g/mol. The predicted octanol–water partition coefficient (Wildman–Crippen LogP) is 2.87. The Bertz CT molecular complexity index is 1200. The van der Waals surface area contributed by atoms with Crippen LogP contribution in [0.5, 0.6) is 5.75 Å². The maximum absolute atomic E-state index is 12.8. The van der Waals surface area contributed by atoms with Gasteiger partial charge in [-0.1, -0.05) is 23.4 Å². The number of carbonyl (C=O) groups is 1. The van der Waals surface area contributed by atoms with Crippen LogP contribution < -0.4 is 10.1 Å². The van der Waals surface area contributed by atoms with Crippen molar-refractivity contribution in [2.75, 3.05) is 7.11 Å². The highest BCUT2D eigenvalue weighted by Crippen LogP contribution is 2.25. The van der Waals surface area contributed by atoms with E-state index >= 15 is 0 Å². The van der Waals surface area contributed by atoms with E-state index in [2.05, 4.69) is 25.5 Å². The third kappa shape index (κ3) is 3.64. The van der Waals surface area contributed by atoms with Gasteiger partial charge in [-0.25, -0.2) is 9.67 Å². The van der Waals surface area contributed by atoms with E-state index in [0.717, 1.165) is 11.3 Å². The third-order valence-corrected chi connectivity index (χ3v) is 4.63. The Morgan fingerprint density at radius 3 is 2.80 bits per heavy atom. The number of amides is 1. The van der Waals surface area contributed by atoms with Crippen LogP contribution in [0.3, 0.4) is 0 Å². The fourth-order valence-electron chi connectivity index (χ4n) is 3.10. The van der Waals surface area contributed by atoms with Gasteiger partial charge in [0, 0.05) is 18.3 Å². The first-order chi connectivity index (χ1) is 14.6. The van der Waals surface area contributed by atoms with Gasteiger partial charge in [0.2, 0.25) is 0 Å². The minimum atomic E-state index is -0.240. The molecule has 0 aliphatic rings. The molecule has 4 aromatic rings. The minimum Gasteiger partial charge on any atom is -0.496 e. The molecule has 9 nitrogen and oxygen atoms in total. The number of nitrogens with zero attached hydrogens (tertiary/aromatic N) is 5. The molecule has 4 rings (SSSR count). The van der Waals surface area contributed by atoms with Crippen molar-refractivity contribution in [2.24, 2.45) is 0 Å². The number of hydrogen-bond donors (Lipinski definition) is 1. The van der Waals surface area contributed by atoms with Gasteiger partial charge in [0.25, 0.3) is 11.8 Å². The molecule has 0 fully saturated rings. The number of rotatable bonds is 6. The molecule has 9 heteroatoms. The van der Waals surface area contributed by atoms with Crippen LogP contribution in [-0.4, -0.2) is 37.9 Å². The molecule has 1 N–H and O–H groups in total. The van der Waals surface area contributed by atoms with Crippen molar-refractivity contribution in [3.63, 3.8) is 0 Å². The summed E-state index contributed by atoms with van der Waals surface area (Å²) in [6.07, 6.45) is 3.16. The molecule has 0 saturated heterocycles. The van der Waals surface area contributed by atoms with Gasteiger partial charge in [-0.3, -0.25) is 4.79 Å². The van der Waals surface area contributed by atoms with E-state index in [1.807, 2.05) is 37.3 Å². The number of aromatic nitrogens is 5. The molecule has 0 spiro atoms. The topological polar surface area (TPSA) is 108 Å². The van der Waals surface area contributed by atoms with E-state index in [1.54, 1.807) is 31.0 Å². The van der Waals surface area contributed by atoms with E-state index in [9.17, 15) is 4.79 Å². The zero-order valence-electron chi connectivity index (χ0n) is 16.8. The maximum Gasteiger partial charge on any atom is 0.261 e. The van der Waals surface area contributed by atoms with Crippen LogP contribution in [0, 0.1) is 13.8 Å². The molecule has 0 saturated carbocycles. The zero-order chi connectivity index (χ0) is 21.1. The Labute approximate surface area is 172 Å². The molecule has 0 bridgehead atoms. The highest BCUT2D eigenvalue weighted by atomic mass is 16.5. The third-order valence-electron chi connectivity index (χ3n) is 4.63. The van der Waals surface area contributed by atoms with E-state index in [4.69, 9.17) is 9.26 Å². The van der Waals surface area contributed by atoms with Crippen LogP contribution in [0.4, 0.5) is 0 Å². The van der Waals surface area contributed by atoms with Gasteiger partial charge in [-0.15, -0.1) is 0 Å². The second-order valence-electron chi connectivity index (χ2n) is 6.57. The zero-order valence-corrected chi connectivity index (χ0v) is 16.8. The van der Waals surface area contributed by atoms with Crippen molar-refractivity contribution in [3.8, 4) is 23.0 Å². The molecule has 1 amide bonds. The summed E-state index contributed by atoms with van der Waals surface area (Å²) in [6.45, 7) is 3.89. The number of para-hydroxylation sites is 1. The summed E-state index contributed by atoms with van der Waals surface area (Å²) < 4.78 is 12.2. The summed E-state index contributed by atoms with van der Waals surface area (Å²) in [5, 5.41) is 11.1. The van der Waals surface area contributed by atoms with Crippen molar-refractivity contribution >= 4 is 5.91 Å². The number of nitrogens with one attached hydrogen (secondary N) is 1. The lowest BCUT2D eigenvalue weighted by Crippen LogP contribution is -2.23. The average Bonchev–Trinajstić information content (AvgIpc) is 3.37. The van der Waals surface area contributed by atoms with Gasteiger partial charge < -0.3 is 14.6 Å². The SMILES string of the molecule is COc1ccccc1CNC(=O)c1cnn(-c2ncccc2-c2nc(C)no2)c1C. The lowest BCUT2D eigenvalue weighted by molar-refractivity contribution is 0.0950. The van der Waals surface area contributed by atoms with Crippen molar-refractivity contribution in [2.45, 2.75) is 20.4 Å². The molecular formula is C21H20N6O3. The summed E-state index contributed by atoms with van der Waals surface area (Å²) in [4.78, 5) is 21.5. The van der Waals surface area contributed by atoms with Gasteiger partial charge in [-0.2, -0.15) is 10.1 Å². The molecule has 3 aromatic heterocycles. The highest BCUT2D eigenvalue weighted by Gasteiger charge is 2.20. The largest absolute Gasteiger partial charge is 0.496 e. The first kappa shape index (κ1) is 19.3. The molecule has 30 heavy (non-hydrogen) atoms. The molecule has 0 radical (unpaired) electrons. The Morgan fingerprint density at radius 2 is 2.03 bits per heavy atom. The van der Waals surface area contributed by atoms with E-state index in [-0.39, 0.29) is 5.91 Å². The number of methoxy groups -OCH3 is 1. The van der Waals surface area contributed by atoms with Crippen LogP contribution in [0.25, 0.3) is 17.3 Å². The Balaban J connectivity index is 1.60. The second-order valence-corrected chi connectivity index (χ2v) is 6.57. The number of carbonyl (C=O) groups excluding carboxylic acids is 1. The van der Waals surface area contributed by atoms with Crippen LogP contribution in [0.15, 0.2) is 53.3 Å². The van der Waals surface area contributed by atoms with Gasteiger partial charge in [0.15, 0.2) is 11.6 Å². The molecule has 3 heterocycles. The fraction of sp³-hybridized carbons (Fsp3) is 0.190. The normalized spacial score (nSPS) is 10.8. The number of benzene rings is 1. The lowest BCUT2D eigenvalue weighted by Gasteiger charge is -2.10. The number of pyridine rings is 1. The van der Waals surface area contributed by atoms with E-state index in [1.165, 1.54) is 6.20 Å². The van der Waals surface area contributed by atoms with Crippen molar-refractivity contribution in [3.05, 3.63) is 71.4 Å². The van der Waals surface area contributed by atoms with Crippen molar-refractivity contribution in [1.29, 1.82) is 0 Å². The first-order valence-electron chi connectivity index (χ1n) is 9.29. The molecule has 0 aliphatic heterocycles. The quantitative estimate of drug-likeness (QED) is 0.526. The van der Waals surface area contributed by atoms with E-state index < -0.39 is 0 Å². The van der Waals surface area contributed by atoms with Gasteiger partial charge >= 0.3 is 0 Å². The highest BCUT2D eigenvalue weighted by molar-refractivity contribution is 5.95. The predicted molar refractivity (Wildman–Crippen MR) is 108 cm³/mol. The Hall–Kier alpha value is -4.01. The summed E-state index contributed by atoms with van der Waals surface area (Å²) in [7, 11) is 1.60. The Morgan fingerprint density at radius 1 is 1.20 bits per heavy atom. The molecule has 152 valence electrons.